The highest BCUT2D eigenvalue weighted by Crippen LogP contribution is 2.54. The van der Waals surface area contributed by atoms with E-state index < -0.39 is 7.14 Å². The number of ether oxygens (including phenoxy) is 1. The van der Waals surface area contributed by atoms with E-state index in [0.29, 0.717) is 54.0 Å². The zero-order valence-electron chi connectivity index (χ0n) is 40.4. The first-order valence-electron chi connectivity index (χ1n) is 25.0. The Hall–Kier alpha value is -5.12. The summed E-state index contributed by atoms with van der Waals surface area (Å²) in [6.45, 7) is 12.2. The van der Waals surface area contributed by atoms with Crippen LogP contribution in [0, 0.1) is 0 Å². The molecule has 364 valence electrons. The Kier molecular flexibility index (Phi) is 14.0. The van der Waals surface area contributed by atoms with Gasteiger partial charge in [0.15, 0.2) is 0 Å². The number of aromatic nitrogens is 3. The molecule has 0 saturated carbocycles. The highest BCUT2D eigenvalue weighted by Gasteiger charge is 2.36. The highest BCUT2D eigenvalue weighted by molar-refractivity contribution is 9.10. The monoisotopic (exact) mass is 1020 g/mol. The Morgan fingerprint density at radius 1 is 0.884 bits per heavy atom. The second kappa shape index (κ2) is 20.3. The Labute approximate surface area is 414 Å². The zero-order valence-corrected chi connectivity index (χ0v) is 42.9. The number of methoxy groups -OCH3 is 1. The molecule has 4 saturated heterocycles. The van der Waals surface area contributed by atoms with Crippen LogP contribution >= 0.6 is 23.1 Å². The molecule has 1 unspecified atom stereocenters. The van der Waals surface area contributed by atoms with Gasteiger partial charge in [-0.25, -0.2) is 10.4 Å². The van der Waals surface area contributed by atoms with E-state index in [1.54, 1.807) is 13.3 Å². The molecule has 10 rings (SSSR count). The molecule has 3 aromatic carbocycles. The number of amides is 2. The third-order valence-electron chi connectivity index (χ3n) is 15.3. The lowest BCUT2D eigenvalue weighted by atomic mass is 9.85. The van der Waals surface area contributed by atoms with Crippen molar-refractivity contribution in [1.82, 2.24) is 35.5 Å². The Balaban J connectivity index is 0.765. The predicted octanol–water partition coefficient (Wildman–Crippen LogP) is 7.99. The second-order valence-electron chi connectivity index (χ2n) is 19.3. The second-order valence-corrected chi connectivity index (χ2v) is 23.3. The number of pyridine rings is 1. The number of nitrogens with zero attached hydrogens (tertiary/aromatic N) is 7. The van der Waals surface area contributed by atoms with Crippen LogP contribution in [0.1, 0.15) is 86.2 Å². The topological polar surface area (TPSA) is 160 Å². The quantitative estimate of drug-likeness (QED) is 0.0626. The van der Waals surface area contributed by atoms with Gasteiger partial charge in [0, 0.05) is 119 Å². The molecule has 2 amide bonds. The van der Waals surface area contributed by atoms with Gasteiger partial charge in [0.2, 0.25) is 17.8 Å². The summed E-state index contributed by atoms with van der Waals surface area (Å²) in [6.07, 6.45) is 10.9. The number of hydrogen-bond donors (Lipinski definition) is 4. The van der Waals surface area contributed by atoms with Gasteiger partial charge in [-0.2, -0.15) is 4.98 Å². The number of hydrogen-bond acceptors (Lipinski definition) is 14. The number of carbonyl (C=O) groups excluding carboxylic acids is 2. The number of aryl methyl sites for hydroxylation is 2. The fourth-order valence-electron chi connectivity index (χ4n) is 11.5. The van der Waals surface area contributed by atoms with E-state index in [1.165, 1.54) is 28.1 Å². The van der Waals surface area contributed by atoms with Crippen LogP contribution in [-0.4, -0.2) is 115 Å². The van der Waals surface area contributed by atoms with Gasteiger partial charge < -0.3 is 34.7 Å². The number of benzene rings is 3. The van der Waals surface area contributed by atoms with Crippen LogP contribution in [0.15, 0.2) is 59.2 Å². The van der Waals surface area contributed by atoms with Crippen molar-refractivity contribution in [3.63, 3.8) is 0 Å². The van der Waals surface area contributed by atoms with Crippen molar-refractivity contribution in [2.45, 2.75) is 90.1 Å². The molecule has 0 aliphatic carbocycles. The van der Waals surface area contributed by atoms with Gasteiger partial charge in [-0.1, -0.05) is 32.0 Å². The number of rotatable bonds is 14. The van der Waals surface area contributed by atoms with Crippen LogP contribution in [0.4, 0.5) is 34.5 Å². The van der Waals surface area contributed by atoms with Crippen molar-refractivity contribution < 1.29 is 18.9 Å². The highest BCUT2D eigenvalue weighted by atomic mass is 79.9. The predicted molar refractivity (Wildman–Crippen MR) is 280 cm³/mol. The first kappa shape index (κ1) is 47.6. The molecule has 5 aliphatic rings. The maximum absolute atomic E-state index is 14.5. The average molecular weight is 1020 g/mol. The minimum absolute atomic E-state index is 0.178. The van der Waals surface area contributed by atoms with Crippen LogP contribution in [0.25, 0.3) is 10.9 Å². The van der Waals surface area contributed by atoms with E-state index in [9.17, 15) is 14.2 Å². The number of hydrazine groups is 1. The summed E-state index contributed by atoms with van der Waals surface area (Å²) in [5.74, 6) is 1.10. The standard InChI is InChI=1S/C52H65BrN11O4P/c1-5-33-29-44(58-52-54-32-41(53)50(60-52)57-43-15-14-42-39(12-10-35(6-2)56-42)49(43)69(67)27-7-8-28-69)46(68-4)30-45(33)64-21-18-36(19-22-64)63-25-23-62(24-26-63)20-17-34-9-11-37(40-31-55-61(3)48(34)40)38-13-16-47(65)59-51(38)66/h9-12,14-15,29-30,32,36,38,55H,5-8,13,16-28,31H2,1-4H3,(H,59,65,66)(H2,54,57,58,60). The molecule has 0 radical (unpaired) electrons. The maximum Gasteiger partial charge on any atom is 0.234 e. The summed E-state index contributed by atoms with van der Waals surface area (Å²) in [4.78, 5) is 46.9. The lowest BCUT2D eigenvalue weighted by Crippen LogP contribution is -2.53. The van der Waals surface area contributed by atoms with Gasteiger partial charge in [0.1, 0.15) is 18.7 Å². The summed E-state index contributed by atoms with van der Waals surface area (Å²) in [5, 5.41) is 13.5. The summed E-state index contributed by atoms with van der Waals surface area (Å²) in [7, 11) is 1.13. The lowest BCUT2D eigenvalue weighted by Gasteiger charge is -2.43. The van der Waals surface area contributed by atoms with Crippen LogP contribution in [0.2, 0.25) is 0 Å². The molecular formula is C52H65BrN11O4P. The molecule has 2 aromatic heterocycles. The summed E-state index contributed by atoms with van der Waals surface area (Å²) in [5.41, 5.74) is 14.1. The van der Waals surface area contributed by atoms with E-state index in [-0.39, 0.29) is 17.7 Å². The molecule has 0 bridgehead atoms. The number of piperidine rings is 2. The molecular weight excluding hydrogens is 954 g/mol. The molecule has 7 heterocycles. The molecule has 5 aliphatic heterocycles. The number of piperazine rings is 1. The fraction of sp³-hybridized carbons (Fsp3) is 0.481. The first-order valence-corrected chi connectivity index (χ1v) is 27.8. The van der Waals surface area contributed by atoms with Gasteiger partial charge in [-0.15, -0.1) is 0 Å². The number of nitrogens with one attached hydrogen (secondary N) is 4. The SMILES string of the molecule is CCc1ccc2c(P3(=O)CCCC3)c(Nc3nc(Nc4cc(CC)c(N5CCC(N6CCN(CCc7ccc(C8CCC(=O)NC8=O)c8c7N(C)NC8)CC6)CC5)cc4OC)ncc3Br)ccc2n1. The van der Waals surface area contributed by atoms with Crippen molar-refractivity contribution in [2.75, 3.05) is 92.8 Å². The number of carbonyl (C=O) groups is 2. The fourth-order valence-corrected chi connectivity index (χ4v) is 15.1. The van der Waals surface area contributed by atoms with Gasteiger partial charge in [0.05, 0.1) is 40.1 Å². The normalized spacial score (nSPS) is 20.1. The molecule has 4 fully saturated rings. The Morgan fingerprint density at radius 2 is 1.68 bits per heavy atom. The van der Waals surface area contributed by atoms with Crippen LogP contribution in [0.3, 0.4) is 0 Å². The van der Waals surface area contributed by atoms with Crippen molar-refractivity contribution in [2.24, 2.45) is 0 Å². The number of fused-ring (bicyclic) bond motifs is 2. The van der Waals surface area contributed by atoms with Gasteiger partial charge in [-0.3, -0.25) is 24.8 Å². The largest absolute Gasteiger partial charge is 0.494 e. The molecule has 69 heavy (non-hydrogen) atoms. The van der Waals surface area contributed by atoms with Crippen molar-refractivity contribution in [1.29, 1.82) is 0 Å². The molecule has 15 nitrogen and oxygen atoms in total. The summed E-state index contributed by atoms with van der Waals surface area (Å²) in [6, 6.07) is 17.4. The average Bonchev–Trinajstić information content (AvgIpc) is 4.00. The lowest BCUT2D eigenvalue weighted by molar-refractivity contribution is -0.134. The Morgan fingerprint density at radius 3 is 2.42 bits per heavy atom. The van der Waals surface area contributed by atoms with Crippen molar-refractivity contribution in [3.05, 3.63) is 87.1 Å². The molecule has 5 aromatic rings. The number of halogens is 1. The van der Waals surface area contributed by atoms with E-state index in [2.05, 4.69) is 119 Å². The third kappa shape index (κ3) is 9.72. The number of imide groups is 1. The zero-order chi connectivity index (χ0) is 47.8. The minimum atomic E-state index is -2.64. The van der Waals surface area contributed by atoms with Crippen LogP contribution in [0.5, 0.6) is 5.75 Å². The molecule has 4 N–H and O–H groups in total. The van der Waals surface area contributed by atoms with E-state index >= 15 is 0 Å². The van der Waals surface area contributed by atoms with Gasteiger partial charge in [-0.05, 0) is 114 Å². The van der Waals surface area contributed by atoms with E-state index in [0.717, 1.165) is 135 Å². The van der Waals surface area contributed by atoms with Crippen molar-refractivity contribution >= 4 is 85.6 Å². The minimum Gasteiger partial charge on any atom is -0.494 e. The molecule has 17 heteroatoms. The number of anilines is 6. The summed E-state index contributed by atoms with van der Waals surface area (Å²) >= 11 is 3.69. The van der Waals surface area contributed by atoms with Crippen LogP contribution < -0.4 is 41.3 Å². The summed E-state index contributed by atoms with van der Waals surface area (Å²) < 4.78 is 21.3. The van der Waals surface area contributed by atoms with Crippen molar-refractivity contribution in [3.8, 4) is 5.75 Å². The van der Waals surface area contributed by atoms with Gasteiger partial charge in [0.25, 0.3) is 0 Å². The van der Waals surface area contributed by atoms with E-state index in [4.69, 9.17) is 14.7 Å². The molecule has 1 atom stereocenters. The van der Waals surface area contributed by atoms with E-state index in [1.807, 2.05) is 12.1 Å². The molecule has 0 spiro atoms. The van der Waals surface area contributed by atoms with Crippen LogP contribution in [-0.2, 0) is 40.0 Å². The third-order valence-corrected chi connectivity index (χ3v) is 19.2. The maximum atomic E-state index is 14.5. The first-order chi connectivity index (χ1) is 33.5. The smallest absolute Gasteiger partial charge is 0.234 e. The van der Waals surface area contributed by atoms with Gasteiger partial charge >= 0.3 is 0 Å². The Bertz CT molecular complexity index is 2800.